The van der Waals surface area contributed by atoms with Gasteiger partial charge in [-0.3, -0.25) is 4.79 Å². The van der Waals surface area contributed by atoms with E-state index in [2.05, 4.69) is 0 Å². The van der Waals surface area contributed by atoms with Crippen LogP contribution in [-0.2, 0) is 21.5 Å². The molecule has 30 heavy (non-hydrogen) atoms. The molecule has 3 atom stereocenters. The zero-order chi connectivity index (χ0) is 21.7. The maximum atomic E-state index is 13.3. The van der Waals surface area contributed by atoms with Gasteiger partial charge in [0.25, 0.3) is 10.2 Å². The summed E-state index contributed by atoms with van der Waals surface area (Å²) in [5, 5.41) is 0. The summed E-state index contributed by atoms with van der Waals surface area (Å²) >= 11 is 0. The molecule has 3 aliphatic rings. The van der Waals surface area contributed by atoms with E-state index < -0.39 is 28.5 Å². The summed E-state index contributed by atoms with van der Waals surface area (Å²) < 4.78 is 73.2. The maximum absolute atomic E-state index is 13.3. The molecular formula is C20H25F3N2O4S. The number of hydrogen-bond acceptors (Lipinski definition) is 4. The zero-order valence-electron chi connectivity index (χ0n) is 16.7. The number of carbonyl (C=O) groups excluding carboxylic acids is 1. The van der Waals surface area contributed by atoms with Crippen molar-refractivity contribution in [1.82, 2.24) is 8.61 Å². The van der Waals surface area contributed by atoms with E-state index in [1.54, 1.807) is 24.3 Å². The highest BCUT2D eigenvalue weighted by molar-refractivity contribution is 7.87. The Hall–Kier alpha value is -1.65. The highest BCUT2D eigenvalue weighted by Gasteiger charge is 2.65. The molecule has 0 amide bonds. The van der Waals surface area contributed by atoms with Gasteiger partial charge in [0.15, 0.2) is 0 Å². The number of methoxy groups -OCH3 is 1. The van der Waals surface area contributed by atoms with Gasteiger partial charge in [-0.15, -0.1) is 0 Å². The number of halogens is 3. The minimum absolute atomic E-state index is 0.0259. The Balaban J connectivity index is 1.76. The van der Waals surface area contributed by atoms with Gasteiger partial charge in [-0.2, -0.15) is 30.2 Å². The number of rotatable bonds is 4. The van der Waals surface area contributed by atoms with Crippen LogP contribution in [0.5, 0.6) is 5.75 Å². The molecule has 1 spiro atoms. The minimum Gasteiger partial charge on any atom is -0.497 e. The lowest BCUT2D eigenvalue weighted by atomic mass is 9.79. The standard InChI is InChI=1S/C20H25F3N2O4S/c1-29-18-8-2-14(3-9-18)11-25-19(12-24(30(25,27)28)13-20(21,22)23)15-4-5-16(19)10-17(26)7-6-15/h2-3,8-9,15-16H,4-7,10-13H2,1H3. The summed E-state index contributed by atoms with van der Waals surface area (Å²) in [4.78, 5) is 12.2. The number of benzene rings is 1. The number of ketones is 1. The number of ether oxygens (including phenoxy) is 1. The first-order valence-electron chi connectivity index (χ1n) is 10.1. The van der Waals surface area contributed by atoms with E-state index in [0.717, 1.165) is 6.42 Å². The van der Waals surface area contributed by atoms with Gasteiger partial charge in [0.2, 0.25) is 0 Å². The lowest BCUT2D eigenvalue weighted by Gasteiger charge is -2.40. The molecule has 4 rings (SSSR count). The topological polar surface area (TPSA) is 66.9 Å². The molecule has 1 aromatic rings. The predicted molar refractivity (Wildman–Crippen MR) is 103 cm³/mol. The highest BCUT2D eigenvalue weighted by Crippen LogP contribution is 2.55. The van der Waals surface area contributed by atoms with E-state index >= 15 is 0 Å². The fourth-order valence-corrected chi connectivity index (χ4v) is 7.60. The fourth-order valence-electron chi connectivity index (χ4n) is 5.55. The van der Waals surface area contributed by atoms with Crippen molar-refractivity contribution in [1.29, 1.82) is 0 Å². The molecule has 10 heteroatoms. The van der Waals surface area contributed by atoms with Crippen LogP contribution in [0.3, 0.4) is 0 Å². The van der Waals surface area contributed by atoms with Gasteiger partial charge in [-0.1, -0.05) is 12.1 Å². The van der Waals surface area contributed by atoms with Gasteiger partial charge in [-0.25, -0.2) is 0 Å². The SMILES string of the molecule is COc1ccc(CN2C3(CN(CC(F)(F)F)S2(=O)=O)C2CCC(=O)CC3CC2)cc1. The molecule has 2 saturated carbocycles. The van der Waals surface area contributed by atoms with Crippen molar-refractivity contribution in [2.75, 3.05) is 20.2 Å². The van der Waals surface area contributed by atoms with E-state index in [-0.39, 0.29) is 37.1 Å². The van der Waals surface area contributed by atoms with Crippen LogP contribution in [0.25, 0.3) is 0 Å². The van der Waals surface area contributed by atoms with Gasteiger partial charge in [0, 0.05) is 25.9 Å². The van der Waals surface area contributed by atoms with Crippen LogP contribution in [0, 0.1) is 11.8 Å². The van der Waals surface area contributed by atoms with Crippen LogP contribution in [0.1, 0.15) is 37.7 Å². The first kappa shape index (κ1) is 21.6. The summed E-state index contributed by atoms with van der Waals surface area (Å²) in [5.41, 5.74) is -0.307. The Kier molecular flexibility index (Phi) is 5.39. The average molecular weight is 446 g/mol. The third-order valence-corrected chi connectivity index (χ3v) is 8.80. The summed E-state index contributed by atoms with van der Waals surface area (Å²) in [7, 11) is -2.82. The molecule has 1 aliphatic heterocycles. The molecule has 1 saturated heterocycles. The Morgan fingerprint density at radius 3 is 2.43 bits per heavy atom. The molecule has 6 nitrogen and oxygen atoms in total. The Morgan fingerprint density at radius 2 is 1.80 bits per heavy atom. The molecule has 1 aromatic carbocycles. The molecule has 1 heterocycles. The van der Waals surface area contributed by atoms with Gasteiger partial charge >= 0.3 is 6.18 Å². The van der Waals surface area contributed by atoms with Gasteiger partial charge in [0.1, 0.15) is 18.1 Å². The number of carbonyl (C=O) groups is 1. The predicted octanol–water partition coefficient (Wildman–Crippen LogP) is 3.14. The smallest absolute Gasteiger partial charge is 0.402 e. The molecule has 3 fully saturated rings. The van der Waals surface area contributed by atoms with E-state index in [1.165, 1.54) is 11.4 Å². The van der Waals surface area contributed by atoms with Crippen molar-refractivity contribution in [2.45, 2.75) is 50.4 Å². The average Bonchev–Trinajstić information content (AvgIpc) is 3.03. The maximum Gasteiger partial charge on any atom is 0.402 e. The quantitative estimate of drug-likeness (QED) is 0.713. The third kappa shape index (κ3) is 3.62. The normalized spacial score (nSPS) is 31.9. The monoisotopic (exact) mass is 446 g/mol. The van der Waals surface area contributed by atoms with Crippen molar-refractivity contribution in [2.24, 2.45) is 11.8 Å². The van der Waals surface area contributed by atoms with Crippen LogP contribution in [0.4, 0.5) is 13.2 Å². The van der Waals surface area contributed by atoms with Gasteiger partial charge < -0.3 is 4.74 Å². The van der Waals surface area contributed by atoms with Crippen molar-refractivity contribution in [3.63, 3.8) is 0 Å². The molecule has 3 unspecified atom stereocenters. The molecular weight excluding hydrogens is 421 g/mol. The first-order chi connectivity index (χ1) is 14.1. The Bertz CT molecular complexity index is 919. The van der Waals surface area contributed by atoms with Crippen LogP contribution in [-0.4, -0.2) is 54.7 Å². The van der Waals surface area contributed by atoms with Crippen LogP contribution in [0.2, 0.25) is 0 Å². The second-order valence-electron chi connectivity index (χ2n) is 8.49. The number of alkyl halides is 3. The number of nitrogens with zero attached hydrogens (tertiary/aromatic N) is 2. The Labute approximate surface area is 174 Å². The second kappa shape index (κ2) is 7.49. The summed E-state index contributed by atoms with van der Waals surface area (Å²) in [5.74, 6) is 0.290. The van der Waals surface area contributed by atoms with Gasteiger partial charge in [0.05, 0.1) is 12.6 Å². The van der Waals surface area contributed by atoms with Crippen molar-refractivity contribution < 1.29 is 31.1 Å². The summed E-state index contributed by atoms with van der Waals surface area (Å²) in [6, 6.07) is 6.84. The second-order valence-corrected chi connectivity index (χ2v) is 10.3. The summed E-state index contributed by atoms with van der Waals surface area (Å²) in [6.45, 7) is -1.75. The summed E-state index contributed by atoms with van der Waals surface area (Å²) in [6.07, 6.45) is -2.14. The molecule has 0 N–H and O–H groups in total. The first-order valence-corrected chi connectivity index (χ1v) is 11.5. The zero-order valence-corrected chi connectivity index (χ0v) is 17.5. The van der Waals surface area contributed by atoms with Crippen molar-refractivity contribution in [3.8, 4) is 5.75 Å². The number of hydrogen-bond donors (Lipinski definition) is 0. The lowest BCUT2D eigenvalue weighted by Crippen LogP contribution is -2.53. The fraction of sp³-hybridized carbons (Fsp3) is 0.650. The third-order valence-electron chi connectivity index (χ3n) is 6.86. The van der Waals surface area contributed by atoms with Crippen LogP contribution < -0.4 is 4.74 Å². The molecule has 0 radical (unpaired) electrons. The minimum atomic E-state index is -4.63. The van der Waals surface area contributed by atoms with E-state index in [1.807, 2.05) is 0 Å². The largest absolute Gasteiger partial charge is 0.497 e. The van der Waals surface area contributed by atoms with E-state index in [9.17, 15) is 26.4 Å². The molecule has 2 bridgehead atoms. The van der Waals surface area contributed by atoms with Gasteiger partial charge in [-0.05, 0) is 48.8 Å². The molecule has 166 valence electrons. The van der Waals surface area contributed by atoms with E-state index in [4.69, 9.17) is 4.74 Å². The van der Waals surface area contributed by atoms with E-state index in [0.29, 0.717) is 34.9 Å². The van der Waals surface area contributed by atoms with Crippen molar-refractivity contribution >= 4 is 16.0 Å². The molecule has 0 aromatic heterocycles. The lowest BCUT2D eigenvalue weighted by molar-refractivity contribution is -0.136. The highest BCUT2D eigenvalue weighted by atomic mass is 32.2. The molecule has 2 aliphatic carbocycles. The van der Waals surface area contributed by atoms with Crippen molar-refractivity contribution in [3.05, 3.63) is 29.8 Å². The van der Waals surface area contributed by atoms with Crippen LogP contribution in [0.15, 0.2) is 24.3 Å². The number of Topliss-reactive ketones (excluding diaryl/α,β-unsaturated/α-hetero) is 1. The van der Waals surface area contributed by atoms with Crippen LogP contribution >= 0.6 is 0 Å². The Morgan fingerprint density at radius 1 is 1.13 bits per heavy atom.